The quantitative estimate of drug-likeness (QED) is 0.754. The molecule has 0 saturated carbocycles. The van der Waals surface area contributed by atoms with Crippen LogP contribution in [-0.4, -0.2) is 9.19 Å². The maximum atomic E-state index is 12.3. The lowest BCUT2D eigenvalue weighted by atomic mass is 10.1. The van der Waals surface area contributed by atoms with E-state index in [1.807, 2.05) is 56.3 Å². The van der Waals surface area contributed by atoms with Gasteiger partial charge in [0.15, 0.2) is 0 Å². The van der Waals surface area contributed by atoms with Crippen molar-refractivity contribution in [2.75, 3.05) is 0 Å². The van der Waals surface area contributed by atoms with Crippen LogP contribution in [0.15, 0.2) is 58.8 Å². The summed E-state index contributed by atoms with van der Waals surface area (Å²) in [6.45, 7) is 4.06. The molecular formula is C18H17NOS. The van der Waals surface area contributed by atoms with E-state index in [0.29, 0.717) is 0 Å². The Balaban J connectivity index is 1.92. The average molecular weight is 295 g/mol. The number of fused-ring (bicyclic) bond motifs is 1. The second-order valence-corrected chi connectivity index (χ2v) is 6.46. The van der Waals surface area contributed by atoms with Gasteiger partial charge in [0.25, 0.3) is 0 Å². The number of rotatable bonds is 3. The van der Waals surface area contributed by atoms with Gasteiger partial charge in [-0.2, -0.15) is 0 Å². The molecule has 1 unspecified atom stereocenters. The van der Waals surface area contributed by atoms with Gasteiger partial charge in [0.05, 0.1) is 10.8 Å². The minimum atomic E-state index is -1.12. The van der Waals surface area contributed by atoms with E-state index >= 15 is 0 Å². The van der Waals surface area contributed by atoms with Gasteiger partial charge in [-0.05, 0) is 38.1 Å². The Morgan fingerprint density at radius 3 is 2.48 bits per heavy atom. The number of aromatic nitrogens is 1. The lowest BCUT2D eigenvalue weighted by Gasteiger charge is -1.98. The highest BCUT2D eigenvalue weighted by Crippen LogP contribution is 2.23. The van der Waals surface area contributed by atoms with Crippen LogP contribution in [0.25, 0.3) is 17.0 Å². The second kappa shape index (κ2) is 5.70. The van der Waals surface area contributed by atoms with Gasteiger partial charge in [0.2, 0.25) is 0 Å². The van der Waals surface area contributed by atoms with E-state index in [2.05, 4.69) is 17.1 Å². The van der Waals surface area contributed by atoms with Crippen molar-refractivity contribution < 1.29 is 4.21 Å². The molecule has 0 saturated heterocycles. The molecule has 0 aliphatic carbocycles. The molecule has 106 valence electrons. The Kier molecular flexibility index (Phi) is 3.76. The molecule has 1 atom stereocenters. The monoisotopic (exact) mass is 295 g/mol. The Hall–Kier alpha value is -2.13. The smallest absolute Gasteiger partial charge is 0.0776 e. The number of benzene rings is 2. The van der Waals surface area contributed by atoms with E-state index in [0.717, 1.165) is 27.1 Å². The number of aryl methyl sites for hydroxylation is 2. The van der Waals surface area contributed by atoms with Crippen LogP contribution in [0.1, 0.15) is 16.8 Å². The third-order valence-electron chi connectivity index (χ3n) is 3.56. The summed E-state index contributed by atoms with van der Waals surface area (Å²) >= 11 is 0. The zero-order valence-electron chi connectivity index (χ0n) is 12.1. The molecule has 0 amide bonds. The van der Waals surface area contributed by atoms with E-state index in [4.69, 9.17) is 0 Å². The fraction of sp³-hybridized carbons (Fsp3) is 0.111. The molecule has 3 aromatic rings. The van der Waals surface area contributed by atoms with Gasteiger partial charge < -0.3 is 4.98 Å². The molecule has 0 spiro atoms. The summed E-state index contributed by atoms with van der Waals surface area (Å²) in [6.07, 6.45) is 1.95. The third-order valence-corrected chi connectivity index (χ3v) is 4.68. The minimum Gasteiger partial charge on any atom is -0.358 e. The van der Waals surface area contributed by atoms with E-state index in [-0.39, 0.29) is 0 Å². The minimum absolute atomic E-state index is 0.828. The largest absolute Gasteiger partial charge is 0.358 e. The zero-order valence-corrected chi connectivity index (χ0v) is 12.9. The van der Waals surface area contributed by atoms with Gasteiger partial charge in [-0.25, -0.2) is 4.21 Å². The van der Waals surface area contributed by atoms with Crippen molar-refractivity contribution in [3.05, 3.63) is 70.8 Å². The van der Waals surface area contributed by atoms with Gasteiger partial charge in [-0.15, -0.1) is 0 Å². The van der Waals surface area contributed by atoms with Crippen LogP contribution in [0.5, 0.6) is 0 Å². The summed E-state index contributed by atoms with van der Waals surface area (Å²) in [5.41, 5.74) is 4.47. The van der Waals surface area contributed by atoms with Crippen molar-refractivity contribution in [3.8, 4) is 0 Å². The first-order valence-corrected chi connectivity index (χ1v) is 8.09. The van der Waals surface area contributed by atoms with E-state index < -0.39 is 10.8 Å². The van der Waals surface area contributed by atoms with Crippen LogP contribution in [-0.2, 0) is 10.8 Å². The van der Waals surface area contributed by atoms with E-state index in [9.17, 15) is 4.21 Å². The number of aromatic amines is 1. The molecule has 21 heavy (non-hydrogen) atoms. The highest BCUT2D eigenvalue weighted by atomic mass is 32.2. The summed E-state index contributed by atoms with van der Waals surface area (Å²) in [6, 6.07) is 16.0. The number of hydrogen-bond donors (Lipinski definition) is 1. The molecule has 0 fully saturated rings. The Labute approximate surface area is 127 Å². The average Bonchev–Trinajstić information content (AvgIpc) is 2.81. The summed E-state index contributed by atoms with van der Waals surface area (Å²) in [5, 5.41) is 2.92. The molecule has 0 aliphatic heterocycles. The fourth-order valence-corrected chi connectivity index (χ4v) is 3.22. The first-order chi connectivity index (χ1) is 10.1. The zero-order chi connectivity index (χ0) is 14.8. The normalized spacial score (nSPS) is 13.0. The summed E-state index contributed by atoms with van der Waals surface area (Å²) in [4.78, 5) is 4.18. The van der Waals surface area contributed by atoms with Crippen LogP contribution in [0.3, 0.4) is 0 Å². The van der Waals surface area contributed by atoms with Crippen LogP contribution in [0, 0.1) is 13.8 Å². The van der Waals surface area contributed by atoms with Crippen LogP contribution in [0.2, 0.25) is 0 Å². The van der Waals surface area contributed by atoms with Gasteiger partial charge in [0, 0.05) is 32.5 Å². The molecule has 2 aromatic carbocycles. The van der Waals surface area contributed by atoms with Gasteiger partial charge in [-0.3, -0.25) is 0 Å². The second-order valence-electron chi connectivity index (χ2n) is 5.12. The van der Waals surface area contributed by atoms with Crippen molar-refractivity contribution in [2.24, 2.45) is 0 Å². The Morgan fingerprint density at radius 1 is 1.00 bits per heavy atom. The number of hydrogen-bond acceptors (Lipinski definition) is 1. The van der Waals surface area contributed by atoms with Crippen molar-refractivity contribution in [1.82, 2.24) is 4.98 Å². The van der Waals surface area contributed by atoms with E-state index in [1.165, 1.54) is 5.56 Å². The SMILES string of the molecule is Cc1ccc(S(=O)/C=C/c2c(C)[nH]c3ccccc23)cc1. The van der Waals surface area contributed by atoms with Gasteiger partial charge >= 0.3 is 0 Å². The maximum Gasteiger partial charge on any atom is 0.0776 e. The predicted molar refractivity (Wildman–Crippen MR) is 89.7 cm³/mol. The summed E-state index contributed by atoms with van der Waals surface area (Å²) in [5.74, 6) is 0. The number of H-pyrrole nitrogens is 1. The number of nitrogens with one attached hydrogen (secondary N) is 1. The van der Waals surface area contributed by atoms with Crippen molar-refractivity contribution in [3.63, 3.8) is 0 Å². The Bertz CT molecular complexity index is 828. The molecule has 2 nitrogen and oxygen atoms in total. The lowest BCUT2D eigenvalue weighted by molar-refractivity contribution is 0.688. The van der Waals surface area contributed by atoms with Crippen molar-refractivity contribution >= 4 is 27.8 Å². The van der Waals surface area contributed by atoms with Crippen LogP contribution >= 0.6 is 0 Å². The molecule has 0 bridgehead atoms. The molecular weight excluding hydrogens is 278 g/mol. The Morgan fingerprint density at radius 2 is 1.71 bits per heavy atom. The molecule has 1 aromatic heterocycles. The topological polar surface area (TPSA) is 32.9 Å². The molecule has 3 rings (SSSR count). The standard InChI is InChI=1S/C18H17NOS/c1-13-7-9-15(10-8-13)21(20)12-11-16-14(2)19-18-6-4-3-5-17(16)18/h3-12,19H,1-2H3/b12-11+. The number of para-hydroxylation sites is 1. The molecule has 3 heteroatoms. The first-order valence-electron chi connectivity index (χ1n) is 6.88. The molecule has 0 aliphatic rings. The van der Waals surface area contributed by atoms with Crippen LogP contribution in [0.4, 0.5) is 0 Å². The van der Waals surface area contributed by atoms with Crippen molar-refractivity contribution in [2.45, 2.75) is 18.7 Å². The summed E-state index contributed by atoms with van der Waals surface area (Å²) in [7, 11) is -1.12. The van der Waals surface area contributed by atoms with Crippen LogP contribution < -0.4 is 0 Å². The molecule has 1 N–H and O–H groups in total. The fourth-order valence-electron chi connectivity index (χ4n) is 2.39. The lowest BCUT2D eigenvalue weighted by Crippen LogP contribution is -1.86. The highest BCUT2D eigenvalue weighted by molar-refractivity contribution is 7.88. The summed E-state index contributed by atoms with van der Waals surface area (Å²) < 4.78 is 12.3. The molecule has 1 heterocycles. The van der Waals surface area contributed by atoms with E-state index in [1.54, 1.807) is 5.41 Å². The molecule has 0 radical (unpaired) electrons. The van der Waals surface area contributed by atoms with Crippen molar-refractivity contribution in [1.29, 1.82) is 0 Å². The van der Waals surface area contributed by atoms with Gasteiger partial charge in [-0.1, -0.05) is 35.9 Å². The highest BCUT2D eigenvalue weighted by Gasteiger charge is 2.05. The maximum absolute atomic E-state index is 12.3. The third kappa shape index (κ3) is 2.83. The first kappa shape index (κ1) is 13.8. The predicted octanol–water partition coefficient (Wildman–Crippen LogP) is 4.56. The van der Waals surface area contributed by atoms with Gasteiger partial charge in [0.1, 0.15) is 0 Å².